The van der Waals surface area contributed by atoms with Gasteiger partial charge in [0.25, 0.3) is 5.91 Å². The summed E-state index contributed by atoms with van der Waals surface area (Å²) >= 11 is 0. The maximum atomic E-state index is 14.2. The van der Waals surface area contributed by atoms with Crippen LogP contribution in [-0.2, 0) is 14.8 Å². The van der Waals surface area contributed by atoms with E-state index in [9.17, 15) is 22.0 Å². The number of anilines is 4. The lowest BCUT2D eigenvalue weighted by molar-refractivity contribution is -0.119. The number of benzene rings is 2. The number of carbonyl (C=O) groups is 1. The standard InChI is InChI=1S/C19H16F2N6O3S/c1-27-14-9-23-19(24-10-5-7-11(8-6-10)31(22,29)30)26-17(14)25-16(18(27)28)15-12(20)3-2-4-13(15)21/h2-9,16H,1H3,(H2,22,29,30)(H2,23,24,25,26)/t16-/m0/s1. The van der Waals surface area contributed by atoms with Gasteiger partial charge in [0.2, 0.25) is 16.0 Å². The Morgan fingerprint density at radius 1 is 1.13 bits per heavy atom. The van der Waals surface area contributed by atoms with Crippen molar-refractivity contribution < 1.29 is 22.0 Å². The number of rotatable bonds is 4. The second kappa shape index (κ2) is 7.56. The first-order valence-electron chi connectivity index (χ1n) is 8.90. The zero-order valence-electron chi connectivity index (χ0n) is 16.0. The molecule has 0 spiro atoms. The first-order valence-corrected chi connectivity index (χ1v) is 10.4. The molecule has 1 aliphatic rings. The molecule has 0 unspecified atom stereocenters. The Labute approximate surface area is 176 Å². The Bertz CT molecular complexity index is 1260. The van der Waals surface area contributed by atoms with Crippen LogP contribution in [0.25, 0.3) is 0 Å². The summed E-state index contributed by atoms with van der Waals surface area (Å²) in [6.07, 6.45) is 1.38. The van der Waals surface area contributed by atoms with Crippen LogP contribution >= 0.6 is 0 Å². The number of halogens is 2. The third-order valence-electron chi connectivity index (χ3n) is 4.72. The van der Waals surface area contributed by atoms with E-state index in [0.29, 0.717) is 11.4 Å². The lowest BCUT2D eigenvalue weighted by Crippen LogP contribution is -2.41. The van der Waals surface area contributed by atoms with Gasteiger partial charge in [0, 0.05) is 12.7 Å². The maximum Gasteiger partial charge on any atom is 0.254 e. The molecule has 0 radical (unpaired) electrons. The van der Waals surface area contributed by atoms with Crippen LogP contribution in [0, 0.1) is 11.6 Å². The zero-order chi connectivity index (χ0) is 22.3. The molecule has 1 aliphatic heterocycles. The second-order valence-electron chi connectivity index (χ2n) is 6.73. The lowest BCUT2D eigenvalue weighted by Gasteiger charge is -2.32. The van der Waals surface area contributed by atoms with E-state index in [-0.39, 0.29) is 16.7 Å². The van der Waals surface area contributed by atoms with E-state index in [4.69, 9.17) is 5.14 Å². The molecule has 0 fully saturated rings. The highest BCUT2D eigenvalue weighted by Gasteiger charge is 2.36. The van der Waals surface area contributed by atoms with Crippen LogP contribution in [0.4, 0.5) is 31.9 Å². The van der Waals surface area contributed by atoms with E-state index in [1.165, 1.54) is 48.5 Å². The molecule has 3 aromatic rings. The minimum absolute atomic E-state index is 0.0547. The third kappa shape index (κ3) is 3.90. The minimum Gasteiger partial charge on any atom is -0.353 e. The summed E-state index contributed by atoms with van der Waals surface area (Å²) in [5.41, 5.74) is 0.397. The van der Waals surface area contributed by atoms with E-state index in [1.54, 1.807) is 0 Å². The Morgan fingerprint density at radius 3 is 2.39 bits per heavy atom. The molecule has 4 N–H and O–H groups in total. The van der Waals surface area contributed by atoms with Gasteiger partial charge in [-0.2, -0.15) is 4.98 Å². The van der Waals surface area contributed by atoms with Gasteiger partial charge in [0.05, 0.1) is 16.7 Å². The molecule has 0 saturated heterocycles. The normalized spacial score (nSPS) is 15.9. The average molecular weight is 446 g/mol. The van der Waals surface area contributed by atoms with Crippen molar-refractivity contribution in [2.75, 3.05) is 22.6 Å². The first kappa shape index (κ1) is 20.6. The number of aromatic nitrogens is 2. The predicted octanol–water partition coefficient (Wildman–Crippen LogP) is 2.28. The fourth-order valence-electron chi connectivity index (χ4n) is 3.14. The van der Waals surface area contributed by atoms with Crippen LogP contribution < -0.4 is 20.7 Å². The number of primary sulfonamides is 1. The summed E-state index contributed by atoms with van der Waals surface area (Å²) in [5, 5.41) is 10.7. The largest absolute Gasteiger partial charge is 0.353 e. The lowest BCUT2D eigenvalue weighted by atomic mass is 10.0. The average Bonchev–Trinajstić information content (AvgIpc) is 2.71. The van der Waals surface area contributed by atoms with Crippen molar-refractivity contribution in [1.29, 1.82) is 0 Å². The number of fused-ring (bicyclic) bond motifs is 1. The summed E-state index contributed by atoms with van der Waals surface area (Å²) in [6.45, 7) is 0. The van der Waals surface area contributed by atoms with Crippen molar-refractivity contribution in [3.63, 3.8) is 0 Å². The van der Waals surface area contributed by atoms with E-state index in [2.05, 4.69) is 20.6 Å². The van der Waals surface area contributed by atoms with Gasteiger partial charge >= 0.3 is 0 Å². The molecule has 9 nitrogen and oxygen atoms in total. The Kier molecular flexibility index (Phi) is 5.03. The van der Waals surface area contributed by atoms with Gasteiger partial charge in [0.1, 0.15) is 23.4 Å². The minimum atomic E-state index is -3.82. The molecule has 2 aromatic carbocycles. The summed E-state index contributed by atoms with van der Waals surface area (Å²) in [5.74, 6) is -1.98. The number of amides is 1. The van der Waals surface area contributed by atoms with Gasteiger partial charge in [-0.3, -0.25) is 4.79 Å². The number of hydrogen-bond donors (Lipinski definition) is 3. The highest BCUT2D eigenvalue weighted by atomic mass is 32.2. The van der Waals surface area contributed by atoms with Crippen LogP contribution in [0.5, 0.6) is 0 Å². The molecule has 0 bridgehead atoms. The molecule has 160 valence electrons. The summed E-state index contributed by atoms with van der Waals surface area (Å²) in [4.78, 5) is 22.3. The number of likely N-dealkylation sites (N-methyl/N-ethyl adjacent to an activating group) is 1. The van der Waals surface area contributed by atoms with Crippen LogP contribution in [0.2, 0.25) is 0 Å². The number of carbonyl (C=O) groups excluding carboxylic acids is 1. The summed E-state index contributed by atoms with van der Waals surface area (Å²) in [7, 11) is -2.37. The van der Waals surface area contributed by atoms with Crippen molar-refractivity contribution >= 4 is 39.1 Å². The van der Waals surface area contributed by atoms with Gasteiger partial charge in [-0.05, 0) is 36.4 Å². The van der Waals surface area contributed by atoms with E-state index in [0.717, 1.165) is 12.1 Å². The molecule has 31 heavy (non-hydrogen) atoms. The number of nitrogens with one attached hydrogen (secondary N) is 2. The Balaban J connectivity index is 1.65. The van der Waals surface area contributed by atoms with Gasteiger partial charge in [-0.15, -0.1) is 0 Å². The predicted molar refractivity (Wildman–Crippen MR) is 109 cm³/mol. The highest BCUT2D eigenvalue weighted by molar-refractivity contribution is 7.89. The quantitative estimate of drug-likeness (QED) is 0.560. The maximum absolute atomic E-state index is 14.2. The van der Waals surface area contributed by atoms with Crippen LogP contribution in [-0.4, -0.2) is 31.3 Å². The molecule has 0 saturated carbocycles. The smallest absolute Gasteiger partial charge is 0.254 e. The molecule has 12 heteroatoms. The Morgan fingerprint density at radius 2 is 1.77 bits per heavy atom. The summed E-state index contributed by atoms with van der Waals surface area (Å²) < 4.78 is 51.2. The van der Waals surface area contributed by atoms with Crippen molar-refractivity contribution in [1.82, 2.24) is 9.97 Å². The van der Waals surface area contributed by atoms with Crippen LogP contribution in [0.3, 0.4) is 0 Å². The first-order chi connectivity index (χ1) is 14.6. The number of nitrogens with zero attached hydrogens (tertiary/aromatic N) is 3. The van der Waals surface area contributed by atoms with Crippen molar-refractivity contribution in [2.24, 2.45) is 5.14 Å². The van der Waals surface area contributed by atoms with Gasteiger partial charge in [-0.25, -0.2) is 27.3 Å². The monoisotopic (exact) mass is 446 g/mol. The number of nitrogens with two attached hydrogens (primary N) is 1. The van der Waals surface area contributed by atoms with Gasteiger partial charge in [0.15, 0.2) is 5.82 Å². The molecular formula is C19H16F2N6O3S. The Hall–Kier alpha value is -3.64. The molecular weight excluding hydrogens is 430 g/mol. The van der Waals surface area contributed by atoms with Crippen LogP contribution in [0.15, 0.2) is 53.6 Å². The van der Waals surface area contributed by atoms with Gasteiger partial charge in [-0.1, -0.05) is 6.07 Å². The molecule has 1 amide bonds. The van der Waals surface area contributed by atoms with E-state index >= 15 is 0 Å². The molecule has 4 rings (SSSR count). The van der Waals surface area contributed by atoms with Crippen molar-refractivity contribution in [3.05, 3.63) is 65.9 Å². The number of hydrogen-bond acceptors (Lipinski definition) is 7. The summed E-state index contributed by atoms with van der Waals surface area (Å²) in [6, 6.07) is 7.63. The van der Waals surface area contributed by atoms with Crippen molar-refractivity contribution in [3.8, 4) is 0 Å². The van der Waals surface area contributed by atoms with Crippen molar-refractivity contribution in [2.45, 2.75) is 10.9 Å². The van der Waals surface area contributed by atoms with Gasteiger partial charge < -0.3 is 15.5 Å². The fourth-order valence-corrected chi connectivity index (χ4v) is 3.65. The molecule has 2 heterocycles. The SMILES string of the molecule is CN1C(=O)[C@H](c2c(F)cccc2F)Nc2nc(Nc3ccc(S(N)(=O)=O)cc3)ncc21. The molecule has 1 aromatic heterocycles. The highest BCUT2D eigenvalue weighted by Crippen LogP contribution is 2.36. The van der Waals surface area contributed by atoms with E-state index in [1.807, 2.05) is 0 Å². The molecule has 1 atom stereocenters. The zero-order valence-corrected chi connectivity index (χ0v) is 16.8. The van der Waals surface area contributed by atoms with Crippen LogP contribution in [0.1, 0.15) is 11.6 Å². The third-order valence-corrected chi connectivity index (χ3v) is 5.65. The number of sulfonamides is 1. The van der Waals surface area contributed by atoms with E-state index < -0.39 is 39.2 Å². The molecule has 0 aliphatic carbocycles. The topological polar surface area (TPSA) is 130 Å². The fraction of sp³-hybridized carbons (Fsp3) is 0.105. The second-order valence-corrected chi connectivity index (χ2v) is 8.29.